The minimum atomic E-state index is -0.589. The number of rotatable bonds is 9. The summed E-state index contributed by atoms with van der Waals surface area (Å²) >= 11 is 0. The summed E-state index contributed by atoms with van der Waals surface area (Å²) in [6, 6.07) is 9.54. The second kappa shape index (κ2) is 8.99. The van der Waals surface area contributed by atoms with Crippen LogP contribution in [-0.2, 0) is 16.0 Å². The van der Waals surface area contributed by atoms with Gasteiger partial charge >= 0.3 is 6.03 Å². The van der Waals surface area contributed by atoms with E-state index in [9.17, 15) is 19.5 Å². The highest BCUT2D eigenvalue weighted by Gasteiger charge is 2.33. The van der Waals surface area contributed by atoms with E-state index in [2.05, 4.69) is 5.32 Å². The van der Waals surface area contributed by atoms with Gasteiger partial charge in [-0.15, -0.1) is 0 Å². The standard InChI is InChI=1S/C20H29N3O4/c1-15(24)20(2,12-16-8-5-4-6-9-16)14-21-17(25)10-7-11-23-18(26)13-22(3)19(23)27/h4-6,8-9,15,24H,7,10-14H2,1-3H3,(H,21,25)/t15-,20+/m1/s1. The average Bonchev–Trinajstić information content (AvgIpc) is 2.87. The lowest BCUT2D eigenvalue weighted by Crippen LogP contribution is -2.44. The van der Waals surface area contributed by atoms with Gasteiger partial charge in [0.25, 0.3) is 0 Å². The number of aliphatic hydroxyl groups is 1. The molecule has 148 valence electrons. The van der Waals surface area contributed by atoms with Gasteiger partial charge in [0.2, 0.25) is 11.8 Å². The van der Waals surface area contributed by atoms with Crippen LogP contribution in [0.15, 0.2) is 30.3 Å². The molecule has 1 saturated heterocycles. The third-order valence-electron chi connectivity index (χ3n) is 5.17. The van der Waals surface area contributed by atoms with Gasteiger partial charge in [-0.3, -0.25) is 14.5 Å². The van der Waals surface area contributed by atoms with E-state index in [1.54, 1.807) is 14.0 Å². The summed E-state index contributed by atoms with van der Waals surface area (Å²) in [6.07, 6.45) is 0.700. The zero-order valence-corrected chi connectivity index (χ0v) is 16.3. The van der Waals surface area contributed by atoms with Crippen LogP contribution < -0.4 is 5.32 Å². The number of nitrogens with zero attached hydrogens (tertiary/aromatic N) is 2. The van der Waals surface area contributed by atoms with Gasteiger partial charge in [0.05, 0.1) is 6.10 Å². The van der Waals surface area contributed by atoms with Crippen molar-refractivity contribution in [3.63, 3.8) is 0 Å². The normalized spacial score (nSPS) is 17.8. The van der Waals surface area contributed by atoms with E-state index in [0.717, 1.165) is 5.56 Å². The first-order chi connectivity index (χ1) is 12.7. The number of carbonyl (C=O) groups excluding carboxylic acids is 3. The fraction of sp³-hybridized carbons (Fsp3) is 0.550. The third-order valence-corrected chi connectivity index (χ3v) is 5.17. The largest absolute Gasteiger partial charge is 0.393 e. The summed E-state index contributed by atoms with van der Waals surface area (Å²) in [7, 11) is 1.58. The maximum absolute atomic E-state index is 12.2. The number of imide groups is 1. The van der Waals surface area contributed by atoms with E-state index >= 15 is 0 Å². The fourth-order valence-corrected chi connectivity index (χ4v) is 3.10. The van der Waals surface area contributed by atoms with Gasteiger partial charge in [0.15, 0.2) is 0 Å². The molecule has 7 heteroatoms. The van der Waals surface area contributed by atoms with Gasteiger partial charge in [-0.05, 0) is 25.3 Å². The highest BCUT2D eigenvalue weighted by Crippen LogP contribution is 2.26. The molecule has 0 radical (unpaired) electrons. The van der Waals surface area contributed by atoms with Crippen LogP contribution in [0, 0.1) is 5.41 Å². The maximum atomic E-state index is 12.2. The molecule has 7 nitrogen and oxygen atoms in total. The number of carbonyl (C=O) groups is 3. The van der Waals surface area contributed by atoms with Crippen molar-refractivity contribution in [3.05, 3.63) is 35.9 Å². The molecule has 4 amide bonds. The summed E-state index contributed by atoms with van der Waals surface area (Å²) < 4.78 is 0. The van der Waals surface area contributed by atoms with Crippen LogP contribution in [0.1, 0.15) is 32.3 Å². The predicted octanol–water partition coefficient (Wildman–Crippen LogP) is 1.41. The molecule has 2 N–H and O–H groups in total. The van der Waals surface area contributed by atoms with Gasteiger partial charge < -0.3 is 15.3 Å². The molecule has 1 aliphatic heterocycles. The van der Waals surface area contributed by atoms with Gasteiger partial charge in [-0.2, -0.15) is 0 Å². The molecule has 0 bridgehead atoms. The summed E-state index contributed by atoms with van der Waals surface area (Å²) in [6.45, 7) is 4.37. The quantitative estimate of drug-likeness (QED) is 0.639. The Morgan fingerprint density at radius 3 is 2.52 bits per heavy atom. The number of nitrogens with one attached hydrogen (secondary N) is 1. The number of hydrogen-bond donors (Lipinski definition) is 2. The van der Waals surface area contributed by atoms with Crippen molar-refractivity contribution in [2.45, 2.75) is 39.2 Å². The van der Waals surface area contributed by atoms with Gasteiger partial charge in [0.1, 0.15) is 6.54 Å². The lowest BCUT2D eigenvalue weighted by Gasteiger charge is -2.33. The highest BCUT2D eigenvalue weighted by atomic mass is 16.3. The zero-order valence-electron chi connectivity index (χ0n) is 16.3. The molecule has 1 fully saturated rings. The van der Waals surface area contributed by atoms with Crippen molar-refractivity contribution in [1.29, 1.82) is 0 Å². The molecule has 0 spiro atoms. The molecule has 2 rings (SSSR count). The van der Waals surface area contributed by atoms with Crippen LogP contribution in [0.3, 0.4) is 0 Å². The topological polar surface area (TPSA) is 89.9 Å². The van der Waals surface area contributed by atoms with Gasteiger partial charge in [-0.1, -0.05) is 37.3 Å². The SMILES string of the molecule is C[C@@H](O)[C@](C)(CNC(=O)CCCN1C(=O)CN(C)C1=O)Cc1ccccc1. The van der Waals surface area contributed by atoms with Crippen LogP contribution >= 0.6 is 0 Å². The molecule has 0 aliphatic carbocycles. The summed E-state index contributed by atoms with van der Waals surface area (Å²) in [4.78, 5) is 38.2. The minimum Gasteiger partial charge on any atom is -0.393 e. The molecule has 0 saturated carbocycles. The van der Waals surface area contributed by atoms with E-state index in [0.29, 0.717) is 19.4 Å². The lowest BCUT2D eigenvalue weighted by atomic mass is 9.79. The minimum absolute atomic E-state index is 0.0945. The Morgan fingerprint density at radius 2 is 1.96 bits per heavy atom. The lowest BCUT2D eigenvalue weighted by molar-refractivity contribution is -0.126. The van der Waals surface area contributed by atoms with E-state index in [4.69, 9.17) is 0 Å². The molecule has 1 aliphatic rings. The van der Waals surface area contributed by atoms with Gasteiger partial charge in [0, 0.05) is 32.0 Å². The molecule has 0 aromatic heterocycles. The van der Waals surface area contributed by atoms with Gasteiger partial charge in [-0.25, -0.2) is 4.79 Å². The Hall–Kier alpha value is -2.41. The first-order valence-corrected chi connectivity index (χ1v) is 9.27. The maximum Gasteiger partial charge on any atom is 0.326 e. The van der Waals surface area contributed by atoms with Crippen molar-refractivity contribution in [2.75, 3.05) is 26.7 Å². The number of hydrogen-bond acceptors (Lipinski definition) is 4. The number of amides is 4. The van der Waals surface area contributed by atoms with Crippen LogP contribution in [0.2, 0.25) is 0 Å². The Bertz CT molecular complexity index is 677. The van der Waals surface area contributed by atoms with Crippen LogP contribution in [-0.4, -0.2) is 65.5 Å². The molecule has 1 aromatic rings. The third kappa shape index (κ3) is 5.53. The molecule has 0 unspecified atom stereocenters. The number of likely N-dealkylation sites (N-methyl/N-ethyl adjacent to an activating group) is 1. The molecule has 27 heavy (non-hydrogen) atoms. The molecule has 2 atom stereocenters. The van der Waals surface area contributed by atoms with Crippen molar-refractivity contribution < 1.29 is 19.5 Å². The summed E-state index contributed by atoms with van der Waals surface area (Å²) in [5, 5.41) is 13.1. The second-order valence-electron chi connectivity index (χ2n) is 7.56. The first-order valence-electron chi connectivity index (χ1n) is 9.27. The Kier molecular flexibility index (Phi) is 6.96. The van der Waals surface area contributed by atoms with E-state index < -0.39 is 11.5 Å². The van der Waals surface area contributed by atoms with Crippen LogP contribution in [0.4, 0.5) is 4.79 Å². The van der Waals surface area contributed by atoms with E-state index in [-0.39, 0.29) is 37.4 Å². The second-order valence-corrected chi connectivity index (χ2v) is 7.56. The Balaban J connectivity index is 1.80. The molecular formula is C20H29N3O4. The highest BCUT2D eigenvalue weighted by molar-refractivity contribution is 6.01. The Labute approximate surface area is 160 Å². The van der Waals surface area contributed by atoms with Crippen molar-refractivity contribution in [2.24, 2.45) is 5.41 Å². The monoisotopic (exact) mass is 375 g/mol. The smallest absolute Gasteiger partial charge is 0.326 e. The number of benzene rings is 1. The summed E-state index contributed by atoms with van der Waals surface area (Å²) in [5.41, 5.74) is 0.617. The van der Waals surface area contributed by atoms with E-state index in [1.165, 1.54) is 9.80 Å². The molecule has 1 aromatic carbocycles. The van der Waals surface area contributed by atoms with Crippen molar-refractivity contribution in [1.82, 2.24) is 15.1 Å². The summed E-state index contributed by atoms with van der Waals surface area (Å²) in [5.74, 6) is -0.380. The molecule has 1 heterocycles. The van der Waals surface area contributed by atoms with E-state index in [1.807, 2.05) is 37.3 Å². The predicted molar refractivity (Wildman–Crippen MR) is 102 cm³/mol. The van der Waals surface area contributed by atoms with Crippen LogP contribution in [0.25, 0.3) is 0 Å². The van der Waals surface area contributed by atoms with Crippen molar-refractivity contribution >= 4 is 17.8 Å². The fourth-order valence-electron chi connectivity index (χ4n) is 3.10. The average molecular weight is 375 g/mol. The number of urea groups is 1. The zero-order chi connectivity index (χ0) is 20.0. The van der Waals surface area contributed by atoms with Crippen molar-refractivity contribution in [3.8, 4) is 0 Å². The molecular weight excluding hydrogens is 346 g/mol. The first kappa shape index (κ1) is 20.9. The Morgan fingerprint density at radius 1 is 1.30 bits per heavy atom. The number of aliphatic hydroxyl groups excluding tert-OH is 1. The van der Waals surface area contributed by atoms with Crippen LogP contribution in [0.5, 0.6) is 0 Å².